The first-order chi connectivity index (χ1) is 24.6. The fourth-order valence-electron chi connectivity index (χ4n) is 6.67. The molecule has 4 aromatic rings. The van der Waals surface area contributed by atoms with Gasteiger partial charge in [0.25, 0.3) is 11.8 Å². The highest BCUT2D eigenvalue weighted by molar-refractivity contribution is 5.99. The number of ether oxygens (including phenoxy) is 3. The van der Waals surface area contributed by atoms with E-state index in [9.17, 15) is 14.4 Å². The monoisotopic (exact) mass is 713 g/mol. The van der Waals surface area contributed by atoms with Gasteiger partial charge in [0.15, 0.2) is 5.82 Å². The highest BCUT2D eigenvalue weighted by Crippen LogP contribution is 2.36. The molecule has 0 aliphatic carbocycles. The number of piperazine rings is 1. The predicted molar refractivity (Wildman–Crippen MR) is 188 cm³/mol. The van der Waals surface area contributed by atoms with Crippen molar-refractivity contribution in [2.24, 2.45) is 0 Å². The molecule has 0 radical (unpaired) electrons. The highest BCUT2D eigenvalue weighted by Gasteiger charge is 2.49. The van der Waals surface area contributed by atoms with Gasteiger partial charge in [0.05, 0.1) is 49.8 Å². The summed E-state index contributed by atoms with van der Waals surface area (Å²) in [4.78, 5) is 54.7. The fourth-order valence-corrected chi connectivity index (χ4v) is 6.67. The molecular formula is C39H41F2N5O6. The number of fused-ring (bicyclic) bond motifs is 1. The van der Waals surface area contributed by atoms with E-state index in [1.807, 2.05) is 6.07 Å². The molecule has 1 atom stereocenters. The summed E-state index contributed by atoms with van der Waals surface area (Å²) in [6, 6.07) is 15.9. The number of likely N-dealkylation sites (N-methyl/N-ethyl adjacent to an activating group) is 1. The van der Waals surface area contributed by atoms with E-state index in [1.54, 1.807) is 88.1 Å². The first-order valence-electron chi connectivity index (χ1n) is 16.8. The lowest BCUT2D eigenvalue weighted by Gasteiger charge is -2.46. The molecule has 2 aliphatic rings. The van der Waals surface area contributed by atoms with Gasteiger partial charge < -0.3 is 24.0 Å². The number of benzene rings is 3. The number of nitrogens with zero attached hydrogens (tertiary/aromatic N) is 5. The third-order valence-corrected chi connectivity index (χ3v) is 9.41. The van der Waals surface area contributed by atoms with Crippen LogP contribution in [0.15, 0.2) is 60.7 Å². The average molecular weight is 714 g/mol. The van der Waals surface area contributed by atoms with Gasteiger partial charge in [0, 0.05) is 38.2 Å². The minimum absolute atomic E-state index is 0.0787. The maximum atomic E-state index is 15.0. The van der Waals surface area contributed by atoms with Crippen LogP contribution in [0.25, 0.3) is 11.4 Å². The molecule has 0 saturated carbocycles. The predicted octanol–water partition coefficient (Wildman–Crippen LogP) is 6.11. The molecule has 3 amide bonds. The first kappa shape index (κ1) is 36.2. The Morgan fingerprint density at radius 3 is 2.25 bits per heavy atom. The van der Waals surface area contributed by atoms with E-state index < -0.39 is 28.9 Å². The van der Waals surface area contributed by atoms with Crippen LogP contribution in [0.1, 0.15) is 66.1 Å². The van der Waals surface area contributed by atoms with Gasteiger partial charge in [0.1, 0.15) is 34.3 Å². The van der Waals surface area contributed by atoms with Gasteiger partial charge in [-0.3, -0.25) is 14.5 Å². The van der Waals surface area contributed by atoms with Crippen LogP contribution in [0.4, 0.5) is 13.6 Å². The van der Waals surface area contributed by atoms with E-state index in [-0.39, 0.29) is 54.8 Å². The SMILES string of the molecule is COc1ccc(CN2Cc3nc(-c4c(F)cccc4F)nc(Cc4ccc(C5(C)C(=O)N(C)CCN5C(=O)OC(C)(C)C)cc4)c3C2=O)c(OC)c1. The summed E-state index contributed by atoms with van der Waals surface area (Å²) in [5.41, 5.74) is 0.388. The Morgan fingerprint density at radius 1 is 0.923 bits per heavy atom. The molecule has 52 heavy (non-hydrogen) atoms. The third-order valence-electron chi connectivity index (χ3n) is 9.41. The quantitative estimate of drug-likeness (QED) is 0.215. The van der Waals surface area contributed by atoms with Gasteiger partial charge in [-0.05, 0) is 63.1 Å². The van der Waals surface area contributed by atoms with Crippen molar-refractivity contribution in [3.63, 3.8) is 0 Å². The number of hydrogen-bond acceptors (Lipinski definition) is 8. The lowest BCUT2D eigenvalue weighted by molar-refractivity contribution is -0.148. The Labute approximate surface area is 301 Å². The van der Waals surface area contributed by atoms with E-state index in [0.29, 0.717) is 40.6 Å². The Kier molecular flexibility index (Phi) is 9.65. The second-order valence-electron chi connectivity index (χ2n) is 14.1. The molecule has 0 bridgehead atoms. The first-order valence-corrected chi connectivity index (χ1v) is 16.8. The summed E-state index contributed by atoms with van der Waals surface area (Å²) in [5.74, 6) is -1.30. The molecule has 0 spiro atoms. The number of carbonyl (C=O) groups is 3. The summed E-state index contributed by atoms with van der Waals surface area (Å²) in [7, 11) is 4.77. The van der Waals surface area contributed by atoms with E-state index in [1.165, 1.54) is 18.1 Å². The Hall–Kier alpha value is -5.59. The zero-order valence-electron chi connectivity index (χ0n) is 30.3. The maximum absolute atomic E-state index is 15.0. The number of methoxy groups -OCH3 is 2. The van der Waals surface area contributed by atoms with Crippen LogP contribution in [0.2, 0.25) is 0 Å². The number of hydrogen-bond donors (Lipinski definition) is 0. The van der Waals surface area contributed by atoms with E-state index in [0.717, 1.165) is 17.7 Å². The van der Waals surface area contributed by atoms with Gasteiger partial charge in [0.2, 0.25) is 0 Å². The van der Waals surface area contributed by atoms with Gasteiger partial charge >= 0.3 is 6.09 Å². The van der Waals surface area contributed by atoms with Crippen molar-refractivity contribution < 1.29 is 37.4 Å². The van der Waals surface area contributed by atoms with Crippen LogP contribution in [0.3, 0.4) is 0 Å². The molecule has 0 N–H and O–H groups in total. The molecular weight excluding hydrogens is 672 g/mol. The van der Waals surface area contributed by atoms with Gasteiger partial charge in [-0.15, -0.1) is 0 Å². The Balaban J connectivity index is 1.36. The van der Waals surface area contributed by atoms with Crippen LogP contribution in [-0.2, 0) is 34.6 Å². The molecule has 1 aromatic heterocycles. The van der Waals surface area contributed by atoms with Crippen molar-refractivity contribution in [1.29, 1.82) is 0 Å². The molecule has 3 heterocycles. The Bertz CT molecular complexity index is 2030. The minimum atomic E-state index is -1.35. The van der Waals surface area contributed by atoms with E-state index >= 15 is 8.78 Å². The maximum Gasteiger partial charge on any atom is 0.411 e. The van der Waals surface area contributed by atoms with Gasteiger partial charge in [-0.25, -0.2) is 23.5 Å². The summed E-state index contributed by atoms with van der Waals surface area (Å²) in [5, 5.41) is 0. The lowest BCUT2D eigenvalue weighted by Crippen LogP contribution is -2.63. The number of halogens is 2. The van der Waals surface area contributed by atoms with Crippen molar-refractivity contribution in [3.05, 3.63) is 106 Å². The molecule has 1 fully saturated rings. The highest BCUT2D eigenvalue weighted by atomic mass is 19.1. The fraction of sp³-hybridized carbons (Fsp3) is 0.359. The largest absolute Gasteiger partial charge is 0.497 e. The number of rotatable bonds is 8. The third kappa shape index (κ3) is 6.74. The summed E-state index contributed by atoms with van der Waals surface area (Å²) < 4.78 is 46.6. The number of aromatic nitrogens is 2. The standard InChI is InChI=1S/C39H41F2N5O6/c1-38(2,3)52-37(49)46-18-17-44(5)36(48)39(46,4)25-14-11-23(12-15-25)19-29-33-30(43-34(42-29)32-27(40)9-8-10-28(32)41)22-45(35(33)47)21-24-13-16-26(50-6)20-31(24)51-7/h8-16,20H,17-19,21-22H2,1-7H3. The zero-order valence-corrected chi connectivity index (χ0v) is 30.3. The van der Waals surface area contributed by atoms with E-state index in [4.69, 9.17) is 14.2 Å². The van der Waals surface area contributed by atoms with Gasteiger partial charge in [-0.1, -0.05) is 30.3 Å². The number of carbonyl (C=O) groups excluding carboxylic acids is 3. The topological polar surface area (TPSA) is 114 Å². The normalized spacial score (nSPS) is 17.4. The second-order valence-corrected chi connectivity index (χ2v) is 14.1. The molecule has 13 heteroatoms. The number of amides is 3. The lowest BCUT2D eigenvalue weighted by atomic mass is 9.86. The zero-order chi connectivity index (χ0) is 37.5. The van der Waals surface area contributed by atoms with Crippen molar-refractivity contribution in [2.75, 3.05) is 34.4 Å². The molecule has 3 aromatic carbocycles. The summed E-state index contributed by atoms with van der Waals surface area (Å²) in [6.07, 6.45) is -0.486. The van der Waals surface area contributed by atoms with Crippen LogP contribution < -0.4 is 9.47 Å². The van der Waals surface area contributed by atoms with Crippen molar-refractivity contribution in [3.8, 4) is 22.9 Å². The second kappa shape index (κ2) is 13.9. The van der Waals surface area contributed by atoms with Crippen molar-refractivity contribution in [2.45, 2.75) is 58.3 Å². The Morgan fingerprint density at radius 2 is 1.62 bits per heavy atom. The van der Waals surface area contributed by atoms with Crippen molar-refractivity contribution >= 4 is 17.9 Å². The summed E-state index contributed by atoms with van der Waals surface area (Å²) >= 11 is 0. The summed E-state index contributed by atoms with van der Waals surface area (Å²) in [6.45, 7) is 7.89. The van der Waals surface area contributed by atoms with E-state index in [2.05, 4.69) is 9.97 Å². The average Bonchev–Trinajstić information content (AvgIpc) is 3.41. The molecule has 1 unspecified atom stereocenters. The van der Waals surface area contributed by atoms with Gasteiger partial charge in [-0.2, -0.15) is 0 Å². The minimum Gasteiger partial charge on any atom is -0.497 e. The van der Waals surface area contributed by atoms with Crippen LogP contribution in [-0.4, -0.2) is 82.5 Å². The molecule has 1 saturated heterocycles. The van der Waals surface area contributed by atoms with Crippen molar-refractivity contribution in [1.82, 2.24) is 24.7 Å². The molecule has 11 nitrogen and oxygen atoms in total. The van der Waals surface area contributed by atoms with Crippen LogP contribution >= 0.6 is 0 Å². The smallest absolute Gasteiger partial charge is 0.411 e. The van der Waals surface area contributed by atoms with Crippen LogP contribution in [0, 0.1) is 11.6 Å². The van der Waals surface area contributed by atoms with Crippen LogP contribution in [0.5, 0.6) is 11.5 Å². The molecule has 272 valence electrons. The molecule has 6 rings (SSSR count). The molecule has 2 aliphatic heterocycles.